The minimum atomic E-state index is -1.12. The van der Waals surface area contributed by atoms with Crippen LogP contribution < -0.4 is 10.6 Å². The van der Waals surface area contributed by atoms with E-state index in [2.05, 4.69) is 34.4 Å². The molecule has 7 nitrogen and oxygen atoms in total. The van der Waals surface area contributed by atoms with E-state index in [9.17, 15) is 9.59 Å². The molecule has 0 radical (unpaired) electrons. The van der Waals surface area contributed by atoms with Crippen molar-refractivity contribution in [2.45, 2.75) is 13.8 Å². The Morgan fingerprint density at radius 3 is 2.58 bits per heavy atom. The van der Waals surface area contributed by atoms with Crippen molar-refractivity contribution < 1.29 is 14.7 Å². The Balaban J connectivity index is 2.04. The molecule has 1 aromatic heterocycles. The number of carbonyl (C=O) groups excluding carboxylic acids is 1. The van der Waals surface area contributed by atoms with Gasteiger partial charge in [-0.2, -0.15) is 0 Å². The van der Waals surface area contributed by atoms with Crippen LogP contribution in [-0.4, -0.2) is 53.2 Å². The maximum absolute atomic E-state index is 12.2. The normalized spacial score (nSPS) is 10.8. The molecule has 1 heterocycles. The van der Waals surface area contributed by atoms with Crippen LogP contribution in [0.1, 0.15) is 24.3 Å². The van der Waals surface area contributed by atoms with E-state index in [1.807, 2.05) is 0 Å². The monoisotopic (exact) mass is 330 g/mol. The first-order valence-electron chi connectivity index (χ1n) is 7.94. The fourth-order valence-corrected chi connectivity index (χ4v) is 2.41. The van der Waals surface area contributed by atoms with Gasteiger partial charge in [-0.25, -0.2) is 9.78 Å². The molecule has 0 aliphatic heterocycles. The lowest BCUT2D eigenvalue weighted by molar-refractivity contribution is 0.0944. The number of rotatable bonds is 7. The van der Waals surface area contributed by atoms with Gasteiger partial charge in [0.1, 0.15) is 5.69 Å². The number of hydrogen-bond acceptors (Lipinski definition) is 4. The van der Waals surface area contributed by atoms with E-state index in [-0.39, 0.29) is 5.91 Å². The summed E-state index contributed by atoms with van der Waals surface area (Å²) in [5.41, 5.74) is 1.46. The summed E-state index contributed by atoms with van der Waals surface area (Å²) >= 11 is 0. The van der Waals surface area contributed by atoms with Gasteiger partial charge in [-0.05, 0) is 37.4 Å². The first-order valence-corrected chi connectivity index (χ1v) is 7.94. The predicted octanol–water partition coefficient (Wildman–Crippen LogP) is 2.40. The molecule has 2 amide bonds. The van der Waals surface area contributed by atoms with Crippen molar-refractivity contribution in [3.8, 4) is 0 Å². The second-order valence-electron chi connectivity index (χ2n) is 5.32. The van der Waals surface area contributed by atoms with Crippen LogP contribution in [0.2, 0.25) is 0 Å². The molecule has 7 heteroatoms. The number of nitrogens with one attached hydrogen (secondary N) is 2. The van der Waals surface area contributed by atoms with Crippen LogP contribution in [-0.2, 0) is 0 Å². The fourth-order valence-electron chi connectivity index (χ4n) is 2.41. The zero-order chi connectivity index (χ0) is 17.5. The van der Waals surface area contributed by atoms with E-state index in [0.717, 1.165) is 25.0 Å². The third kappa shape index (κ3) is 4.66. The minimum Gasteiger partial charge on any atom is -0.465 e. The smallest absolute Gasteiger partial charge is 0.409 e. The summed E-state index contributed by atoms with van der Waals surface area (Å²) in [5.74, 6) is -0.211. The SMILES string of the molecule is CCN(CC)CCNC(=O)c1ccc2cc(NC(=O)O)ccc2n1. The molecule has 2 aromatic rings. The number of likely N-dealkylation sites (N-methyl/N-ethyl adjacent to an activating group) is 1. The number of benzene rings is 1. The summed E-state index contributed by atoms with van der Waals surface area (Å²) in [6.45, 7) is 7.45. The number of pyridine rings is 1. The fraction of sp³-hybridized carbons (Fsp3) is 0.353. The van der Waals surface area contributed by atoms with Crippen LogP contribution >= 0.6 is 0 Å². The highest BCUT2D eigenvalue weighted by Gasteiger charge is 2.09. The molecule has 0 unspecified atom stereocenters. The molecule has 128 valence electrons. The van der Waals surface area contributed by atoms with Crippen molar-refractivity contribution in [3.63, 3.8) is 0 Å². The van der Waals surface area contributed by atoms with E-state index in [1.165, 1.54) is 0 Å². The summed E-state index contributed by atoms with van der Waals surface area (Å²) in [7, 11) is 0. The highest BCUT2D eigenvalue weighted by atomic mass is 16.4. The zero-order valence-corrected chi connectivity index (χ0v) is 13.9. The molecule has 0 saturated heterocycles. The van der Waals surface area contributed by atoms with Crippen molar-refractivity contribution >= 4 is 28.6 Å². The maximum Gasteiger partial charge on any atom is 0.409 e. The third-order valence-corrected chi connectivity index (χ3v) is 3.78. The summed E-state index contributed by atoms with van der Waals surface area (Å²) in [4.78, 5) is 29.4. The molecule has 0 spiro atoms. The number of nitrogens with zero attached hydrogens (tertiary/aromatic N) is 2. The lowest BCUT2D eigenvalue weighted by atomic mass is 10.1. The Hall–Kier alpha value is -2.67. The molecule has 2 rings (SSSR count). The van der Waals surface area contributed by atoms with Gasteiger partial charge in [0.15, 0.2) is 0 Å². The Labute approximate surface area is 140 Å². The number of fused-ring (bicyclic) bond motifs is 1. The Morgan fingerprint density at radius 1 is 1.17 bits per heavy atom. The maximum atomic E-state index is 12.2. The molecule has 0 aliphatic carbocycles. The first-order chi connectivity index (χ1) is 11.5. The van der Waals surface area contributed by atoms with E-state index in [1.54, 1.807) is 30.3 Å². The van der Waals surface area contributed by atoms with Gasteiger partial charge >= 0.3 is 6.09 Å². The summed E-state index contributed by atoms with van der Waals surface area (Å²) < 4.78 is 0. The molecule has 0 fully saturated rings. The van der Waals surface area contributed by atoms with Gasteiger partial charge in [0.2, 0.25) is 0 Å². The van der Waals surface area contributed by atoms with E-state index in [0.29, 0.717) is 23.4 Å². The van der Waals surface area contributed by atoms with Gasteiger partial charge in [-0.15, -0.1) is 0 Å². The quantitative estimate of drug-likeness (QED) is 0.724. The average Bonchev–Trinajstić information content (AvgIpc) is 2.57. The first kappa shape index (κ1) is 17.7. The van der Waals surface area contributed by atoms with Crippen LogP contribution in [0.3, 0.4) is 0 Å². The Kier molecular flexibility index (Phi) is 6.08. The van der Waals surface area contributed by atoms with Crippen molar-refractivity contribution in [1.82, 2.24) is 15.2 Å². The van der Waals surface area contributed by atoms with Gasteiger partial charge in [0, 0.05) is 24.2 Å². The zero-order valence-electron chi connectivity index (χ0n) is 13.9. The van der Waals surface area contributed by atoms with Gasteiger partial charge in [0.05, 0.1) is 5.52 Å². The Bertz CT molecular complexity index is 729. The lowest BCUT2D eigenvalue weighted by Crippen LogP contribution is -2.35. The summed E-state index contributed by atoms with van der Waals surface area (Å²) in [6.07, 6.45) is -1.12. The molecule has 24 heavy (non-hydrogen) atoms. The highest BCUT2D eigenvalue weighted by Crippen LogP contribution is 2.18. The molecule has 0 saturated carbocycles. The number of anilines is 1. The van der Waals surface area contributed by atoms with E-state index < -0.39 is 6.09 Å². The van der Waals surface area contributed by atoms with Gasteiger partial charge < -0.3 is 15.3 Å². The number of aromatic nitrogens is 1. The standard InChI is InChI=1S/C17H22N4O3/c1-3-21(4-2)10-9-18-16(22)15-7-5-12-11-13(19-17(23)24)6-8-14(12)20-15/h5-8,11,19H,3-4,9-10H2,1-2H3,(H,18,22)(H,23,24). The molecule has 0 aliphatic rings. The second-order valence-corrected chi connectivity index (χ2v) is 5.32. The largest absolute Gasteiger partial charge is 0.465 e. The van der Waals surface area contributed by atoms with Crippen molar-refractivity contribution in [3.05, 3.63) is 36.0 Å². The van der Waals surface area contributed by atoms with Crippen LogP contribution in [0.4, 0.5) is 10.5 Å². The Morgan fingerprint density at radius 2 is 1.92 bits per heavy atom. The van der Waals surface area contributed by atoms with Crippen molar-refractivity contribution in [2.75, 3.05) is 31.5 Å². The molecule has 0 bridgehead atoms. The van der Waals surface area contributed by atoms with E-state index >= 15 is 0 Å². The average molecular weight is 330 g/mol. The molecular formula is C17H22N4O3. The van der Waals surface area contributed by atoms with Crippen molar-refractivity contribution in [1.29, 1.82) is 0 Å². The van der Waals surface area contributed by atoms with Gasteiger partial charge in [0.25, 0.3) is 5.91 Å². The van der Waals surface area contributed by atoms with Crippen molar-refractivity contribution in [2.24, 2.45) is 0 Å². The molecular weight excluding hydrogens is 308 g/mol. The molecule has 0 atom stereocenters. The van der Waals surface area contributed by atoms with Crippen LogP contribution in [0.15, 0.2) is 30.3 Å². The van der Waals surface area contributed by atoms with Gasteiger partial charge in [-0.3, -0.25) is 10.1 Å². The number of carboxylic acid groups (broad SMARTS) is 1. The van der Waals surface area contributed by atoms with Gasteiger partial charge in [-0.1, -0.05) is 19.9 Å². The number of amides is 2. The van der Waals surface area contributed by atoms with Crippen LogP contribution in [0.5, 0.6) is 0 Å². The lowest BCUT2D eigenvalue weighted by Gasteiger charge is -2.17. The van der Waals surface area contributed by atoms with Crippen LogP contribution in [0.25, 0.3) is 10.9 Å². The van der Waals surface area contributed by atoms with Crippen LogP contribution in [0, 0.1) is 0 Å². The second kappa shape index (κ2) is 8.26. The number of carbonyl (C=O) groups is 2. The highest BCUT2D eigenvalue weighted by molar-refractivity contribution is 5.96. The number of hydrogen-bond donors (Lipinski definition) is 3. The third-order valence-electron chi connectivity index (χ3n) is 3.78. The summed E-state index contributed by atoms with van der Waals surface area (Å²) in [5, 5.41) is 14.7. The topological polar surface area (TPSA) is 94.6 Å². The predicted molar refractivity (Wildman–Crippen MR) is 93.5 cm³/mol. The van der Waals surface area contributed by atoms with E-state index in [4.69, 9.17) is 5.11 Å². The minimum absolute atomic E-state index is 0.211. The summed E-state index contributed by atoms with van der Waals surface area (Å²) in [6, 6.07) is 8.38. The molecule has 1 aromatic carbocycles. The molecule has 3 N–H and O–H groups in total.